The number of rotatable bonds is 5. The van der Waals surface area contributed by atoms with E-state index in [-0.39, 0.29) is 35.7 Å². The van der Waals surface area contributed by atoms with Crippen LogP contribution >= 0.6 is 0 Å². The molecule has 4 rings (SSSR count). The number of ether oxygens (including phenoxy) is 1. The lowest BCUT2D eigenvalue weighted by molar-refractivity contribution is -0.123. The van der Waals surface area contributed by atoms with Gasteiger partial charge in [0.05, 0.1) is 10.6 Å². The van der Waals surface area contributed by atoms with E-state index in [0.717, 1.165) is 16.8 Å². The summed E-state index contributed by atoms with van der Waals surface area (Å²) in [6.07, 6.45) is 0.837. The van der Waals surface area contributed by atoms with Gasteiger partial charge in [-0.3, -0.25) is 9.59 Å². The number of nitrogens with zero attached hydrogens (tertiary/aromatic N) is 1. The Bertz CT molecular complexity index is 1190. The Kier molecular flexibility index (Phi) is 6.45. The number of benzene rings is 2. The molecule has 1 saturated heterocycles. The summed E-state index contributed by atoms with van der Waals surface area (Å²) in [6, 6.07) is 10.3. The van der Waals surface area contributed by atoms with E-state index in [0.29, 0.717) is 30.7 Å². The molecule has 2 aromatic rings. The Morgan fingerprint density at radius 3 is 2.52 bits per heavy atom. The van der Waals surface area contributed by atoms with E-state index in [1.165, 1.54) is 16.4 Å². The molecule has 9 heteroatoms. The molecule has 0 spiro atoms. The second kappa shape index (κ2) is 9.15. The molecule has 0 bridgehead atoms. The molecule has 2 heterocycles. The number of amides is 2. The molecule has 0 radical (unpaired) electrons. The average Bonchev–Trinajstić information content (AvgIpc) is 2.80. The van der Waals surface area contributed by atoms with Gasteiger partial charge in [0.1, 0.15) is 5.75 Å². The van der Waals surface area contributed by atoms with Gasteiger partial charge in [0.25, 0.3) is 5.91 Å². The van der Waals surface area contributed by atoms with Gasteiger partial charge in [-0.05, 0) is 74.6 Å². The smallest absolute Gasteiger partial charge is 0.265 e. The Balaban J connectivity index is 1.41. The number of carbonyl (C=O) groups excluding carboxylic acids is 2. The summed E-state index contributed by atoms with van der Waals surface area (Å²) in [7, 11) is -3.76. The molecule has 0 saturated carbocycles. The maximum Gasteiger partial charge on any atom is 0.265 e. The molecule has 1 atom stereocenters. The number of hydrogen-bond acceptors (Lipinski definition) is 5. The van der Waals surface area contributed by atoms with Crippen molar-refractivity contribution in [2.24, 2.45) is 5.92 Å². The Labute approximate surface area is 194 Å². The van der Waals surface area contributed by atoms with Gasteiger partial charge in [0.15, 0.2) is 6.10 Å². The number of carbonyl (C=O) groups is 2. The van der Waals surface area contributed by atoms with Crippen LogP contribution in [0.4, 0.5) is 11.4 Å². The molecule has 2 aromatic carbocycles. The summed E-state index contributed by atoms with van der Waals surface area (Å²) in [5.41, 5.74) is 3.37. The highest BCUT2D eigenvalue weighted by atomic mass is 32.2. The number of hydrogen-bond donors (Lipinski definition) is 2. The van der Waals surface area contributed by atoms with Crippen LogP contribution in [0, 0.1) is 19.8 Å². The zero-order chi connectivity index (χ0) is 23.8. The molecule has 176 valence electrons. The first-order chi connectivity index (χ1) is 15.7. The number of anilines is 2. The highest BCUT2D eigenvalue weighted by Crippen LogP contribution is 2.34. The summed E-state index contributed by atoms with van der Waals surface area (Å²) in [6.45, 7) is 6.37. The third-order valence-corrected chi connectivity index (χ3v) is 8.27. The minimum atomic E-state index is -3.76. The normalized spacial score (nSPS) is 19.4. The van der Waals surface area contributed by atoms with Gasteiger partial charge < -0.3 is 15.4 Å². The fourth-order valence-corrected chi connectivity index (χ4v) is 5.63. The van der Waals surface area contributed by atoms with Gasteiger partial charge >= 0.3 is 0 Å². The van der Waals surface area contributed by atoms with Crippen molar-refractivity contribution in [2.45, 2.75) is 51.0 Å². The van der Waals surface area contributed by atoms with Gasteiger partial charge in [0.2, 0.25) is 15.9 Å². The minimum Gasteiger partial charge on any atom is -0.478 e. The van der Waals surface area contributed by atoms with E-state index in [4.69, 9.17) is 4.74 Å². The minimum absolute atomic E-state index is 0.0885. The summed E-state index contributed by atoms with van der Waals surface area (Å²) in [4.78, 5) is 24.9. The van der Waals surface area contributed by atoms with E-state index in [2.05, 4.69) is 10.6 Å². The van der Waals surface area contributed by atoms with E-state index in [1.807, 2.05) is 39.0 Å². The fourth-order valence-electron chi connectivity index (χ4n) is 4.13. The maximum absolute atomic E-state index is 13.2. The van der Waals surface area contributed by atoms with Crippen LogP contribution in [0.5, 0.6) is 5.75 Å². The highest BCUT2D eigenvalue weighted by Gasteiger charge is 2.34. The van der Waals surface area contributed by atoms with Crippen LogP contribution < -0.4 is 15.4 Å². The molecular weight excluding hydrogens is 442 g/mol. The second-order valence-corrected chi connectivity index (χ2v) is 10.6. The lowest BCUT2D eigenvalue weighted by atomic mass is 9.97. The lowest BCUT2D eigenvalue weighted by Gasteiger charge is -2.31. The van der Waals surface area contributed by atoms with Crippen LogP contribution in [0.3, 0.4) is 0 Å². The molecule has 8 nitrogen and oxygen atoms in total. The van der Waals surface area contributed by atoms with Crippen molar-refractivity contribution < 1.29 is 22.7 Å². The van der Waals surface area contributed by atoms with Gasteiger partial charge in [-0.1, -0.05) is 13.0 Å². The summed E-state index contributed by atoms with van der Waals surface area (Å²) < 4.78 is 33.4. The number of aryl methyl sites for hydroxylation is 2. The molecule has 0 aliphatic carbocycles. The monoisotopic (exact) mass is 471 g/mol. The van der Waals surface area contributed by atoms with E-state index in [1.54, 1.807) is 6.07 Å². The van der Waals surface area contributed by atoms with E-state index < -0.39 is 16.1 Å². The summed E-state index contributed by atoms with van der Waals surface area (Å²) >= 11 is 0. The van der Waals surface area contributed by atoms with Crippen LogP contribution in [-0.4, -0.2) is 43.7 Å². The Morgan fingerprint density at radius 1 is 1.12 bits per heavy atom. The molecule has 2 aliphatic heterocycles. The summed E-state index contributed by atoms with van der Waals surface area (Å²) in [5, 5.41) is 5.68. The number of piperidine rings is 1. The number of sulfonamides is 1. The van der Waals surface area contributed by atoms with E-state index >= 15 is 0 Å². The molecule has 2 N–H and O–H groups in total. The SMILES string of the molecule is CCC1Oc2ccc(S(=O)(=O)N3CCC(C(=O)Nc4ccc(C)c(C)c4)CC3)cc2NC1=O. The third kappa shape index (κ3) is 4.74. The largest absolute Gasteiger partial charge is 0.478 e. The fraction of sp³-hybridized carbons (Fsp3) is 0.417. The molecule has 1 unspecified atom stereocenters. The van der Waals surface area contributed by atoms with Gasteiger partial charge in [-0.15, -0.1) is 0 Å². The zero-order valence-electron chi connectivity index (χ0n) is 19.1. The zero-order valence-corrected chi connectivity index (χ0v) is 19.9. The van der Waals surface area contributed by atoms with Gasteiger partial charge in [-0.25, -0.2) is 8.42 Å². The topological polar surface area (TPSA) is 105 Å². The molecule has 0 aromatic heterocycles. The van der Waals surface area contributed by atoms with Crippen molar-refractivity contribution in [3.63, 3.8) is 0 Å². The predicted octanol–water partition coefficient (Wildman–Crippen LogP) is 3.45. The van der Waals surface area contributed by atoms with Gasteiger partial charge in [-0.2, -0.15) is 4.31 Å². The first-order valence-electron chi connectivity index (χ1n) is 11.2. The molecule has 2 aliphatic rings. The molecule has 1 fully saturated rings. The van der Waals surface area contributed by atoms with Crippen molar-refractivity contribution in [1.29, 1.82) is 0 Å². The number of nitrogens with one attached hydrogen (secondary N) is 2. The molecule has 33 heavy (non-hydrogen) atoms. The van der Waals surface area contributed by atoms with Crippen LogP contribution in [0.15, 0.2) is 41.3 Å². The second-order valence-electron chi connectivity index (χ2n) is 8.63. The number of fused-ring (bicyclic) bond motifs is 1. The highest BCUT2D eigenvalue weighted by molar-refractivity contribution is 7.89. The van der Waals surface area contributed by atoms with Crippen molar-refractivity contribution in [3.8, 4) is 5.75 Å². The van der Waals surface area contributed by atoms with Gasteiger partial charge in [0, 0.05) is 24.7 Å². The molecular formula is C24H29N3O5S. The molecule has 2 amide bonds. The first-order valence-corrected chi connectivity index (χ1v) is 12.6. The quantitative estimate of drug-likeness (QED) is 0.695. The van der Waals surface area contributed by atoms with Crippen LogP contribution in [0.2, 0.25) is 0 Å². The van der Waals surface area contributed by atoms with Crippen molar-refractivity contribution in [3.05, 3.63) is 47.5 Å². The maximum atomic E-state index is 13.2. The first kappa shape index (κ1) is 23.3. The van der Waals surface area contributed by atoms with Crippen molar-refractivity contribution >= 4 is 33.2 Å². The standard InChI is InChI=1S/C24H29N3O5S/c1-4-21-24(29)26-20-14-19(7-8-22(20)32-21)33(30,31)27-11-9-17(10-12-27)23(28)25-18-6-5-15(2)16(3)13-18/h5-8,13-14,17,21H,4,9-12H2,1-3H3,(H,25,28)(H,26,29). The Morgan fingerprint density at radius 2 is 1.85 bits per heavy atom. The van der Waals surface area contributed by atoms with Crippen LogP contribution in [-0.2, 0) is 19.6 Å². The van der Waals surface area contributed by atoms with Crippen LogP contribution in [0.25, 0.3) is 0 Å². The van der Waals surface area contributed by atoms with Crippen molar-refractivity contribution in [1.82, 2.24) is 4.31 Å². The van der Waals surface area contributed by atoms with Crippen LogP contribution in [0.1, 0.15) is 37.3 Å². The Hall–Kier alpha value is -2.91. The van der Waals surface area contributed by atoms with Crippen molar-refractivity contribution in [2.75, 3.05) is 23.7 Å². The summed E-state index contributed by atoms with van der Waals surface area (Å²) in [5.74, 6) is -0.160. The predicted molar refractivity (Wildman–Crippen MR) is 126 cm³/mol. The van der Waals surface area contributed by atoms with E-state index in [9.17, 15) is 18.0 Å². The lowest BCUT2D eigenvalue weighted by Crippen LogP contribution is -2.41. The average molecular weight is 472 g/mol. The third-order valence-electron chi connectivity index (χ3n) is 6.38.